The molecule has 0 bridgehead atoms. The lowest BCUT2D eigenvalue weighted by molar-refractivity contribution is 0.100. The summed E-state index contributed by atoms with van der Waals surface area (Å²) in [5.41, 5.74) is 10.5. The standard InChI is InChI=1S/C20H18N4O/c1-3-14(10-11-22-2)16-6-9-18-19(12-16)24(13-23-18)17-7-4-15(5-8-17)20(21)25/h3-13H,1H2,2H3,(H2,21,25)/b14-10+,22-11?. The highest BCUT2D eigenvalue weighted by Crippen LogP contribution is 2.24. The summed E-state index contributed by atoms with van der Waals surface area (Å²) in [6, 6.07) is 13.2. The Kier molecular flexibility index (Phi) is 4.57. The van der Waals surface area contributed by atoms with Crippen LogP contribution in [0.2, 0.25) is 0 Å². The Labute approximate surface area is 145 Å². The van der Waals surface area contributed by atoms with Crippen molar-refractivity contribution in [3.63, 3.8) is 0 Å². The van der Waals surface area contributed by atoms with E-state index in [1.54, 1.807) is 37.8 Å². The number of aliphatic imine (C=N–C) groups is 1. The maximum atomic E-state index is 11.2. The van der Waals surface area contributed by atoms with Crippen LogP contribution in [0.1, 0.15) is 15.9 Å². The molecule has 5 nitrogen and oxygen atoms in total. The molecule has 0 aliphatic carbocycles. The lowest BCUT2D eigenvalue weighted by atomic mass is 10.0. The number of rotatable bonds is 5. The molecule has 124 valence electrons. The first-order chi connectivity index (χ1) is 12.1. The van der Waals surface area contributed by atoms with Crippen LogP contribution in [0.5, 0.6) is 0 Å². The number of hydrogen-bond donors (Lipinski definition) is 1. The number of imidazole rings is 1. The molecule has 0 spiro atoms. The van der Waals surface area contributed by atoms with Gasteiger partial charge in [-0.25, -0.2) is 4.98 Å². The van der Waals surface area contributed by atoms with Crippen molar-refractivity contribution in [2.24, 2.45) is 10.7 Å². The SMILES string of the molecule is C=C/C(=C\C=NC)c1ccc2ncn(-c3ccc(C(N)=O)cc3)c2c1. The Morgan fingerprint density at radius 3 is 2.56 bits per heavy atom. The van der Waals surface area contributed by atoms with Gasteiger partial charge < -0.3 is 5.73 Å². The highest BCUT2D eigenvalue weighted by atomic mass is 16.1. The van der Waals surface area contributed by atoms with Gasteiger partial charge in [0.25, 0.3) is 0 Å². The quantitative estimate of drug-likeness (QED) is 0.575. The molecular weight excluding hydrogens is 312 g/mol. The van der Waals surface area contributed by atoms with E-state index in [1.807, 2.05) is 34.9 Å². The summed E-state index contributed by atoms with van der Waals surface area (Å²) in [4.78, 5) is 19.7. The molecule has 0 unspecified atom stereocenters. The van der Waals surface area contributed by atoms with Crippen LogP contribution in [0, 0.1) is 0 Å². The molecule has 0 fully saturated rings. The van der Waals surface area contributed by atoms with Gasteiger partial charge in [-0.05, 0) is 53.6 Å². The highest BCUT2D eigenvalue weighted by Gasteiger charge is 2.08. The van der Waals surface area contributed by atoms with Gasteiger partial charge in [0.1, 0.15) is 6.33 Å². The molecule has 1 aromatic heterocycles. The van der Waals surface area contributed by atoms with Gasteiger partial charge in [-0.1, -0.05) is 18.7 Å². The zero-order valence-corrected chi connectivity index (χ0v) is 13.9. The van der Waals surface area contributed by atoms with E-state index >= 15 is 0 Å². The van der Waals surface area contributed by atoms with Crippen molar-refractivity contribution in [3.05, 3.63) is 78.6 Å². The number of carbonyl (C=O) groups excluding carboxylic acids is 1. The van der Waals surface area contributed by atoms with Crippen molar-refractivity contribution in [1.82, 2.24) is 9.55 Å². The molecule has 2 N–H and O–H groups in total. The second kappa shape index (κ2) is 6.97. The van der Waals surface area contributed by atoms with Crippen molar-refractivity contribution in [2.75, 3.05) is 7.05 Å². The van der Waals surface area contributed by atoms with Gasteiger partial charge in [0.2, 0.25) is 5.91 Å². The number of aromatic nitrogens is 2. The monoisotopic (exact) mass is 330 g/mol. The molecule has 3 aromatic rings. The molecule has 0 radical (unpaired) electrons. The number of benzene rings is 2. The van der Waals surface area contributed by atoms with Gasteiger partial charge in [-0.2, -0.15) is 0 Å². The summed E-state index contributed by atoms with van der Waals surface area (Å²) in [5.74, 6) is -0.442. The first kappa shape index (κ1) is 16.4. The highest BCUT2D eigenvalue weighted by molar-refractivity contribution is 5.93. The first-order valence-corrected chi connectivity index (χ1v) is 7.76. The zero-order valence-electron chi connectivity index (χ0n) is 13.9. The summed E-state index contributed by atoms with van der Waals surface area (Å²) in [6.45, 7) is 3.87. The van der Waals surface area contributed by atoms with E-state index in [2.05, 4.69) is 22.6 Å². The van der Waals surface area contributed by atoms with Crippen LogP contribution in [0.15, 0.2) is 72.5 Å². The maximum Gasteiger partial charge on any atom is 0.248 e. The average molecular weight is 330 g/mol. The Balaban J connectivity index is 2.09. The van der Waals surface area contributed by atoms with Crippen LogP contribution in [0.3, 0.4) is 0 Å². The average Bonchev–Trinajstić information content (AvgIpc) is 3.06. The molecule has 1 heterocycles. The number of allylic oxidation sites excluding steroid dienone is 3. The minimum absolute atomic E-state index is 0.442. The number of carbonyl (C=O) groups is 1. The molecule has 0 saturated carbocycles. The van der Waals surface area contributed by atoms with Crippen LogP contribution in [0.4, 0.5) is 0 Å². The summed E-state index contributed by atoms with van der Waals surface area (Å²) >= 11 is 0. The molecule has 0 atom stereocenters. The third-order valence-corrected chi connectivity index (χ3v) is 3.93. The zero-order chi connectivity index (χ0) is 17.8. The molecule has 25 heavy (non-hydrogen) atoms. The molecule has 0 aliphatic rings. The molecule has 0 aliphatic heterocycles. The molecule has 2 aromatic carbocycles. The molecule has 5 heteroatoms. The van der Waals surface area contributed by atoms with E-state index in [0.717, 1.165) is 27.9 Å². The second-order valence-electron chi connectivity index (χ2n) is 5.46. The predicted octanol–water partition coefficient (Wildman–Crippen LogP) is 3.39. The second-order valence-corrected chi connectivity index (χ2v) is 5.46. The smallest absolute Gasteiger partial charge is 0.248 e. The number of hydrogen-bond acceptors (Lipinski definition) is 3. The fraction of sp³-hybridized carbons (Fsp3) is 0.0500. The molecule has 3 rings (SSSR count). The Hall–Kier alpha value is -3.47. The number of amides is 1. The minimum Gasteiger partial charge on any atom is -0.366 e. The van der Waals surface area contributed by atoms with Crippen LogP contribution in [-0.4, -0.2) is 28.7 Å². The van der Waals surface area contributed by atoms with Crippen LogP contribution >= 0.6 is 0 Å². The van der Waals surface area contributed by atoms with E-state index in [1.165, 1.54) is 0 Å². The fourth-order valence-electron chi connectivity index (χ4n) is 2.62. The number of nitrogens with zero attached hydrogens (tertiary/aromatic N) is 3. The number of primary amides is 1. The lowest BCUT2D eigenvalue weighted by Gasteiger charge is -2.07. The van der Waals surface area contributed by atoms with Gasteiger partial charge in [-0.3, -0.25) is 14.4 Å². The van der Waals surface area contributed by atoms with E-state index in [9.17, 15) is 4.79 Å². The topological polar surface area (TPSA) is 73.3 Å². The Morgan fingerprint density at radius 1 is 1.20 bits per heavy atom. The third-order valence-electron chi connectivity index (χ3n) is 3.93. The van der Waals surface area contributed by atoms with Gasteiger partial charge in [-0.15, -0.1) is 0 Å². The summed E-state index contributed by atoms with van der Waals surface area (Å²) < 4.78 is 1.97. The normalized spacial score (nSPS) is 12.0. The number of fused-ring (bicyclic) bond motifs is 1. The van der Waals surface area contributed by atoms with E-state index in [0.29, 0.717) is 5.56 Å². The predicted molar refractivity (Wildman–Crippen MR) is 102 cm³/mol. The van der Waals surface area contributed by atoms with E-state index < -0.39 is 5.91 Å². The Bertz CT molecular complexity index is 994. The largest absolute Gasteiger partial charge is 0.366 e. The number of nitrogens with two attached hydrogens (primary N) is 1. The van der Waals surface area contributed by atoms with Gasteiger partial charge in [0.05, 0.1) is 11.0 Å². The van der Waals surface area contributed by atoms with Crippen molar-refractivity contribution >= 4 is 28.7 Å². The van der Waals surface area contributed by atoms with E-state index in [-0.39, 0.29) is 0 Å². The summed E-state index contributed by atoms with van der Waals surface area (Å²) in [5, 5.41) is 0. The summed E-state index contributed by atoms with van der Waals surface area (Å²) in [7, 11) is 1.73. The van der Waals surface area contributed by atoms with Crippen LogP contribution in [0.25, 0.3) is 22.3 Å². The van der Waals surface area contributed by atoms with Crippen LogP contribution in [-0.2, 0) is 0 Å². The van der Waals surface area contributed by atoms with Gasteiger partial charge in [0, 0.05) is 24.5 Å². The van der Waals surface area contributed by atoms with Crippen molar-refractivity contribution in [1.29, 1.82) is 0 Å². The van der Waals surface area contributed by atoms with Crippen molar-refractivity contribution in [2.45, 2.75) is 0 Å². The van der Waals surface area contributed by atoms with Gasteiger partial charge >= 0.3 is 0 Å². The molecule has 1 amide bonds. The van der Waals surface area contributed by atoms with Crippen molar-refractivity contribution < 1.29 is 4.79 Å². The fourth-order valence-corrected chi connectivity index (χ4v) is 2.62. The molecule has 0 saturated heterocycles. The van der Waals surface area contributed by atoms with E-state index in [4.69, 9.17) is 5.73 Å². The van der Waals surface area contributed by atoms with Crippen LogP contribution < -0.4 is 5.73 Å². The maximum absolute atomic E-state index is 11.2. The minimum atomic E-state index is -0.442. The lowest BCUT2D eigenvalue weighted by Crippen LogP contribution is -2.10. The molecular formula is C20H18N4O. The van der Waals surface area contributed by atoms with Gasteiger partial charge in [0.15, 0.2) is 0 Å². The third kappa shape index (κ3) is 3.26. The first-order valence-electron chi connectivity index (χ1n) is 7.76. The van der Waals surface area contributed by atoms with Crippen molar-refractivity contribution in [3.8, 4) is 5.69 Å². The Morgan fingerprint density at radius 2 is 1.92 bits per heavy atom. The summed E-state index contributed by atoms with van der Waals surface area (Å²) in [6.07, 6.45) is 7.21.